The van der Waals surface area contributed by atoms with Crippen molar-refractivity contribution in [3.8, 4) is 0 Å². The van der Waals surface area contributed by atoms with E-state index in [1.165, 1.54) is 11.1 Å². The van der Waals surface area contributed by atoms with Crippen molar-refractivity contribution in [3.63, 3.8) is 0 Å². The van der Waals surface area contributed by atoms with Crippen LogP contribution >= 0.6 is 0 Å². The molecule has 0 amide bonds. The van der Waals surface area contributed by atoms with Crippen molar-refractivity contribution in [1.82, 2.24) is 0 Å². The van der Waals surface area contributed by atoms with Gasteiger partial charge in [-0.25, -0.2) is 0 Å². The Labute approximate surface area is 78.8 Å². The van der Waals surface area contributed by atoms with Crippen LogP contribution in [0.3, 0.4) is 0 Å². The summed E-state index contributed by atoms with van der Waals surface area (Å²) in [5.41, 5.74) is 2.65. The number of aryl methyl sites for hydroxylation is 1. The van der Waals surface area contributed by atoms with Gasteiger partial charge in [-0.1, -0.05) is 25.2 Å². The normalized spacial score (nSPS) is 15.9. The van der Waals surface area contributed by atoms with Crippen LogP contribution in [0.2, 0.25) is 0 Å². The van der Waals surface area contributed by atoms with Crippen molar-refractivity contribution >= 4 is 5.57 Å². The molecule has 1 aromatic rings. The number of furan rings is 1. The Balaban J connectivity index is 2.24. The lowest BCUT2D eigenvalue weighted by Gasteiger charge is -2.04. The Kier molecular flexibility index (Phi) is 2.35. The Hall–Kier alpha value is -1.24. The highest BCUT2D eigenvalue weighted by atomic mass is 16.3. The van der Waals surface area contributed by atoms with E-state index in [0.29, 0.717) is 0 Å². The lowest BCUT2D eigenvalue weighted by Crippen LogP contribution is -1.84. The van der Waals surface area contributed by atoms with Crippen LogP contribution in [0, 0.1) is 0 Å². The molecule has 0 bridgehead atoms. The molecular formula is C12H14O. The molecule has 2 rings (SSSR count). The van der Waals surface area contributed by atoms with E-state index in [1.54, 1.807) is 0 Å². The summed E-state index contributed by atoms with van der Waals surface area (Å²) in [7, 11) is 0. The van der Waals surface area contributed by atoms with E-state index in [-0.39, 0.29) is 0 Å². The molecule has 1 heteroatoms. The Morgan fingerprint density at radius 3 is 3.00 bits per heavy atom. The first-order valence-corrected chi connectivity index (χ1v) is 4.83. The van der Waals surface area contributed by atoms with Gasteiger partial charge in [-0.15, -0.1) is 0 Å². The van der Waals surface area contributed by atoms with Gasteiger partial charge in [-0.2, -0.15) is 0 Å². The largest absolute Gasteiger partial charge is 0.469 e. The van der Waals surface area contributed by atoms with Gasteiger partial charge < -0.3 is 4.42 Å². The molecule has 0 N–H and O–H groups in total. The lowest BCUT2D eigenvalue weighted by molar-refractivity contribution is 0.515. The lowest BCUT2D eigenvalue weighted by atomic mass is 9.99. The summed E-state index contributed by atoms with van der Waals surface area (Å²) >= 11 is 0. The van der Waals surface area contributed by atoms with Crippen LogP contribution in [0.15, 0.2) is 35.0 Å². The van der Waals surface area contributed by atoms with E-state index in [9.17, 15) is 0 Å². The van der Waals surface area contributed by atoms with Crippen molar-refractivity contribution in [2.24, 2.45) is 0 Å². The molecule has 1 nitrogen and oxygen atoms in total. The van der Waals surface area contributed by atoms with Crippen molar-refractivity contribution in [2.45, 2.75) is 26.2 Å². The maximum atomic E-state index is 5.40. The molecule has 0 radical (unpaired) electrons. The summed E-state index contributed by atoms with van der Waals surface area (Å²) in [6.45, 7) is 2.11. The zero-order chi connectivity index (χ0) is 9.10. The van der Waals surface area contributed by atoms with Gasteiger partial charge >= 0.3 is 0 Å². The van der Waals surface area contributed by atoms with Crippen LogP contribution < -0.4 is 0 Å². The van der Waals surface area contributed by atoms with Crippen molar-refractivity contribution in [2.75, 3.05) is 0 Å². The fraction of sp³-hybridized carbons (Fsp3) is 0.333. The second-order valence-corrected chi connectivity index (χ2v) is 3.31. The minimum absolute atomic E-state index is 0.975. The smallest absolute Gasteiger partial charge is 0.104 e. The second-order valence-electron chi connectivity index (χ2n) is 3.31. The molecule has 0 aliphatic heterocycles. The third-order valence-electron chi connectivity index (χ3n) is 2.39. The minimum Gasteiger partial charge on any atom is -0.469 e. The first kappa shape index (κ1) is 8.36. The number of rotatable bonds is 2. The van der Waals surface area contributed by atoms with Crippen LogP contribution in [0.25, 0.3) is 5.57 Å². The molecule has 0 spiro atoms. The van der Waals surface area contributed by atoms with Gasteiger partial charge in [0.15, 0.2) is 0 Å². The Morgan fingerprint density at radius 1 is 1.46 bits per heavy atom. The van der Waals surface area contributed by atoms with E-state index >= 15 is 0 Å². The molecule has 13 heavy (non-hydrogen) atoms. The predicted molar refractivity (Wildman–Crippen MR) is 54.4 cm³/mol. The Morgan fingerprint density at radius 2 is 2.38 bits per heavy atom. The highest BCUT2D eigenvalue weighted by Gasteiger charge is 2.06. The highest BCUT2D eigenvalue weighted by Crippen LogP contribution is 2.25. The van der Waals surface area contributed by atoms with E-state index in [1.807, 2.05) is 6.26 Å². The number of hydrogen-bond acceptors (Lipinski definition) is 1. The summed E-state index contributed by atoms with van der Waals surface area (Å²) in [6.07, 6.45) is 11.6. The molecule has 1 aromatic heterocycles. The summed E-state index contributed by atoms with van der Waals surface area (Å²) < 4.78 is 5.40. The van der Waals surface area contributed by atoms with Gasteiger partial charge in [0.05, 0.1) is 6.26 Å². The summed E-state index contributed by atoms with van der Waals surface area (Å²) in [4.78, 5) is 0. The summed E-state index contributed by atoms with van der Waals surface area (Å²) in [6, 6.07) is 2.14. The van der Waals surface area contributed by atoms with Crippen LogP contribution in [-0.4, -0.2) is 0 Å². The monoisotopic (exact) mass is 174 g/mol. The molecule has 1 aliphatic carbocycles. The second kappa shape index (κ2) is 3.65. The molecule has 0 saturated heterocycles. The number of allylic oxidation sites excluding steroid dienone is 4. The zero-order valence-corrected chi connectivity index (χ0v) is 7.92. The quantitative estimate of drug-likeness (QED) is 0.668. The van der Waals surface area contributed by atoms with Crippen molar-refractivity contribution in [3.05, 3.63) is 41.9 Å². The first-order valence-electron chi connectivity index (χ1n) is 4.83. The molecule has 0 aromatic carbocycles. The summed E-state index contributed by atoms with van der Waals surface area (Å²) in [5.74, 6) is 1.07. The van der Waals surface area contributed by atoms with Gasteiger partial charge in [0.2, 0.25) is 0 Å². The third kappa shape index (κ3) is 1.74. The Bertz CT molecular complexity index is 342. The highest BCUT2D eigenvalue weighted by molar-refractivity contribution is 5.67. The van der Waals surface area contributed by atoms with Crippen LogP contribution in [-0.2, 0) is 6.42 Å². The first-order chi connectivity index (χ1) is 6.40. The standard InChI is InChI=1S/C12H14O/c1-2-12-8-11(9-13-12)10-6-4-3-5-7-10/h3-4,6,8-9H,2,5,7H2,1H3. The van der Waals surface area contributed by atoms with Gasteiger partial charge in [0.25, 0.3) is 0 Å². The van der Waals surface area contributed by atoms with E-state index in [2.05, 4.69) is 31.2 Å². The zero-order valence-electron chi connectivity index (χ0n) is 7.92. The molecular weight excluding hydrogens is 160 g/mol. The van der Waals surface area contributed by atoms with Gasteiger partial charge in [-0.3, -0.25) is 0 Å². The average molecular weight is 174 g/mol. The third-order valence-corrected chi connectivity index (χ3v) is 2.39. The number of hydrogen-bond donors (Lipinski definition) is 0. The molecule has 0 unspecified atom stereocenters. The van der Waals surface area contributed by atoms with E-state index < -0.39 is 0 Å². The molecule has 0 fully saturated rings. The maximum absolute atomic E-state index is 5.40. The molecule has 0 saturated carbocycles. The minimum atomic E-state index is 0.975. The van der Waals surface area contributed by atoms with Crippen LogP contribution in [0.1, 0.15) is 31.1 Å². The van der Waals surface area contributed by atoms with Gasteiger partial charge in [0, 0.05) is 12.0 Å². The van der Waals surface area contributed by atoms with Gasteiger partial charge in [-0.05, 0) is 24.5 Å². The fourth-order valence-corrected chi connectivity index (χ4v) is 1.58. The molecule has 1 heterocycles. The average Bonchev–Trinajstić information content (AvgIpc) is 2.67. The van der Waals surface area contributed by atoms with Crippen molar-refractivity contribution in [1.29, 1.82) is 0 Å². The van der Waals surface area contributed by atoms with Crippen LogP contribution in [0.4, 0.5) is 0 Å². The maximum Gasteiger partial charge on any atom is 0.104 e. The van der Waals surface area contributed by atoms with Crippen LogP contribution in [0.5, 0.6) is 0 Å². The molecule has 1 aliphatic rings. The predicted octanol–water partition coefficient (Wildman–Crippen LogP) is 3.58. The fourth-order valence-electron chi connectivity index (χ4n) is 1.58. The van der Waals surface area contributed by atoms with Crippen molar-refractivity contribution < 1.29 is 4.42 Å². The molecule has 0 atom stereocenters. The SMILES string of the molecule is CCc1cc(C2=CC=CCC2)co1. The van der Waals surface area contributed by atoms with Gasteiger partial charge in [0.1, 0.15) is 5.76 Å². The topological polar surface area (TPSA) is 13.1 Å². The van der Waals surface area contributed by atoms with E-state index in [0.717, 1.165) is 25.0 Å². The summed E-state index contributed by atoms with van der Waals surface area (Å²) in [5, 5.41) is 0. The molecule has 68 valence electrons. The van der Waals surface area contributed by atoms with E-state index in [4.69, 9.17) is 4.42 Å².